The first-order valence-electron chi connectivity index (χ1n) is 17.1. The Hall–Kier alpha value is -6.78. The van der Waals surface area contributed by atoms with Crippen molar-refractivity contribution >= 4 is 53.6 Å². The topological polar surface area (TPSA) is 77.6 Å². The molecular formula is C44H24F3N5OS. The highest BCUT2D eigenvalue weighted by atomic mass is 32.1. The number of benzene rings is 6. The van der Waals surface area contributed by atoms with Crippen molar-refractivity contribution in [2.45, 2.75) is 6.18 Å². The van der Waals surface area contributed by atoms with Crippen molar-refractivity contribution in [3.63, 3.8) is 0 Å². The van der Waals surface area contributed by atoms with Gasteiger partial charge < -0.3 is 4.42 Å². The van der Waals surface area contributed by atoms with E-state index in [0.717, 1.165) is 59.9 Å². The van der Waals surface area contributed by atoms with Crippen LogP contribution in [0.15, 0.2) is 150 Å². The number of halogens is 3. The van der Waals surface area contributed by atoms with Crippen molar-refractivity contribution in [1.82, 2.24) is 24.9 Å². The summed E-state index contributed by atoms with van der Waals surface area (Å²) in [6.07, 6.45) is -4.45. The summed E-state index contributed by atoms with van der Waals surface area (Å²) >= 11 is 1.52. The highest BCUT2D eigenvalue weighted by molar-refractivity contribution is 7.26. The third kappa shape index (κ3) is 5.46. The summed E-state index contributed by atoms with van der Waals surface area (Å²) in [5.74, 6) is 2.06. The lowest BCUT2D eigenvalue weighted by Crippen LogP contribution is -2.04. The average Bonchev–Trinajstić information content (AvgIpc) is 3.79. The number of hydrogen-bond acceptors (Lipinski definition) is 7. The Bertz CT molecular complexity index is 2980. The second kappa shape index (κ2) is 12.4. The maximum Gasteiger partial charge on any atom is 0.416 e. The summed E-state index contributed by atoms with van der Waals surface area (Å²) < 4.78 is 48.8. The van der Waals surface area contributed by atoms with Gasteiger partial charge in [0.25, 0.3) is 0 Å². The summed E-state index contributed by atoms with van der Waals surface area (Å²) in [5, 5.41) is 2.65. The standard InChI is InChI=1S/C44H24F3N5OS/c45-44(46,47)29-21-18-25(19-22-29)36-39-37(31-14-7-8-17-35(31)54-39)49-43(48-36)32-16-9-15-30-33-24-28(20-23-34(33)53-38(30)32)42-51-40(26-10-3-1-4-11-26)50-41(52-42)27-12-5-2-6-13-27/h1-24H. The van der Waals surface area contributed by atoms with Gasteiger partial charge in [0.15, 0.2) is 23.3 Å². The molecule has 10 heteroatoms. The van der Waals surface area contributed by atoms with Crippen molar-refractivity contribution in [3.05, 3.63) is 151 Å². The Morgan fingerprint density at radius 2 is 1.09 bits per heavy atom. The SMILES string of the molecule is FC(F)(F)c1ccc(-c2nc(-c3cccc4c3oc3ccc(-c5nc(-c6ccccc6)nc(-c6ccccc6)n5)cc34)nc3c2sc2ccccc23)cc1. The number of nitrogens with zero attached hydrogens (tertiary/aromatic N) is 5. The summed E-state index contributed by atoms with van der Waals surface area (Å²) in [6.45, 7) is 0. The van der Waals surface area contributed by atoms with Gasteiger partial charge in [0.05, 0.1) is 27.0 Å². The van der Waals surface area contributed by atoms with E-state index in [1.807, 2.05) is 121 Å². The van der Waals surface area contributed by atoms with Crippen LogP contribution < -0.4 is 0 Å². The molecule has 54 heavy (non-hydrogen) atoms. The molecule has 6 nitrogen and oxygen atoms in total. The van der Waals surface area contributed by atoms with Gasteiger partial charge in [-0.15, -0.1) is 11.3 Å². The molecule has 10 rings (SSSR count). The lowest BCUT2D eigenvalue weighted by molar-refractivity contribution is -0.137. The van der Waals surface area contributed by atoms with Gasteiger partial charge in [-0.25, -0.2) is 24.9 Å². The fraction of sp³-hybridized carbons (Fsp3) is 0.0227. The van der Waals surface area contributed by atoms with Crippen LogP contribution in [0.4, 0.5) is 13.2 Å². The first kappa shape index (κ1) is 31.9. The Morgan fingerprint density at radius 1 is 0.481 bits per heavy atom. The largest absolute Gasteiger partial charge is 0.455 e. The van der Waals surface area contributed by atoms with E-state index >= 15 is 0 Å². The highest BCUT2D eigenvalue weighted by Crippen LogP contribution is 2.42. The maximum absolute atomic E-state index is 13.5. The maximum atomic E-state index is 13.5. The van der Waals surface area contributed by atoms with Crippen molar-refractivity contribution in [2.24, 2.45) is 0 Å². The van der Waals surface area contributed by atoms with Crippen LogP contribution in [0, 0.1) is 0 Å². The van der Waals surface area contributed by atoms with Crippen LogP contribution in [-0.4, -0.2) is 24.9 Å². The lowest BCUT2D eigenvalue weighted by atomic mass is 10.0. The van der Waals surface area contributed by atoms with Gasteiger partial charge in [-0.05, 0) is 42.5 Å². The Balaban J connectivity index is 1.14. The monoisotopic (exact) mass is 727 g/mol. The van der Waals surface area contributed by atoms with Gasteiger partial charge in [0, 0.05) is 43.1 Å². The van der Waals surface area contributed by atoms with Crippen LogP contribution >= 0.6 is 11.3 Å². The van der Waals surface area contributed by atoms with Gasteiger partial charge >= 0.3 is 6.18 Å². The van der Waals surface area contributed by atoms with E-state index in [0.29, 0.717) is 51.3 Å². The van der Waals surface area contributed by atoms with Gasteiger partial charge in [0.2, 0.25) is 0 Å². The molecule has 0 fully saturated rings. The zero-order chi connectivity index (χ0) is 36.4. The fourth-order valence-corrected chi connectivity index (χ4v) is 7.93. The minimum Gasteiger partial charge on any atom is -0.455 e. The molecule has 0 N–H and O–H groups in total. The zero-order valence-corrected chi connectivity index (χ0v) is 28.9. The van der Waals surface area contributed by atoms with Crippen LogP contribution in [0.25, 0.3) is 99.1 Å². The number of aromatic nitrogens is 5. The molecule has 0 radical (unpaired) electrons. The molecule has 0 spiro atoms. The normalized spacial score (nSPS) is 12.0. The molecule has 0 aliphatic heterocycles. The Kier molecular flexibility index (Phi) is 7.34. The van der Waals surface area contributed by atoms with Crippen LogP contribution in [0.3, 0.4) is 0 Å². The van der Waals surface area contributed by atoms with E-state index in [-0.39, 0.29) is 0 Å². The molecule has 0 bridgehead atoms. The molecule has 6 aromatic carbocycles. The quantitative estimate of drug-likeness (QED) is 0.176. The van der Waals surface area contributed by atoms with E-state index in [4.69, 9.17) is 29.3 Å². The van der Waals surface area contributed by atoms with Crippen molar-refractivity contribution in [3.8, 4) is 56.8 Å². The van der Waals surface area contributed by atoms with Crippen molar-refractivity contribution in [1.29, 1.82) is 0 Å². The third-order valence-corrected chi connectivity index (χ3v) is 10.6. The van der Waals surface area contributed by atoms with Crippen molar-refractivity contribution < 1.29 is 17.6 Å². The molecule has 10 aromatic rings. The minimum atomic E-state index is -4.45. The number of fused-ring (bicyclic) bond motifs is 6. The molecule has 4 heterocycles. The van der Waals surface area contributed by atoms with Gasteiger partial charge in [0.1, 0.15) is 11.2 Å². The summed E-state index contributed by atoms with van der Waals surface area (Å²) in [6, 6.07) is 44.3. The number of hydrogen-bond donors (Lipinski definition) is 0. The first-order chi connectivity index (χ1) is 26.4. The van der Waals surface area contributed by atoms with E-state index in [1.165, 1.54) is 23.5 Å². The average molecular weight is 728 g/mol. The molecule has 0 unspecified atom stereocenters. The molecule has 0 atom stereocenters. The minimum absolute atomic E-state index is 0.406. The second-order valence-corrected chi connectivity index (χ2v) is 13.8. The third-order valence-electron chi connectivity index (χ3n) is 9.40. The fourth-order valence-electron chi connectivity index (χ4n) is 6.78. The van der Waals surface area contributed by atoms with E-state index in [9.17, 15) is 13.2 Å². The van der Waals surface area contributed by atoms with Gasteiger partial charge in [-0.1, -0.05) is 103 Å². The lowest BCUT2D eigenvalue weighted by Gasteiger charge is -2.10. The van der Waals surface area contributed by atoms with Crippen LogP contribution in [0.1, 0.15) is 5.56 Å². The van der Waals surface area contributed by atoms with Crippen LogP contribution in [0.5, 0.6) is 0 Å². The first-order valence-corrected chi connectivity index (χ1v) is 17.9. The van der Waals surface area contributed by atoms with Crippen LogP contribution in [0.2, 0.25) is 0 Å². The zero-order valence-electron chi connectivity index (χ0n) is 28.0. The Morgan fingerprint density at radius 3 is 1.78 bits per heavy atom. The molecule has 0 amide bonds. The summed E-state index contributed by atoms with van der Waals surface area (Å²) in [7, 11) is 0. The molecule has 258 valence electrons. The number of furan rings is 1. The smallest absolute Gasteiger partial charge is 0.416 e. The molecule has 0 aliphatic carbocycles. The predicted molar refractivity (Wildman–Crippen MR) is 208 cm³/mol. The van der Waals surface area contributed by atoms with E-state index in [1.54, 1.807) is 0 Å². The molecule has 0 aliphatic rings. The van der Waals surface area contributed by atoms with Gasteiger partial charge in [-0.3, -0.25) is 0 Å². The van der Waals surface area contributed by atoms with E-state index in [2.05, 4.69) is 0 Å². The molecule has 0 saturated heterocycles. The Labute approximate surface area is 309 Å². The predicted octanol–water partition coefficient (Wildman–Crippen LogP) is 12.3. The molecular weight excluding hydrogens is 704 g/mol. The number of rotatable bonds is 5. The van der Waals surface area contributed by atoms with E-state index < -0.39 is 11.7 Å². The highest BCUT2D eigenvalue weighted by Gasteiger charge is 2.30. The molecule has 4 aromatic heterocycles. The van der Waals surface area contributed by atoms with Crippen LogP contribution in [-0.2, 0) is 6.18 Å². The second-order valence-electron chi connectivity index (χ2n) is 12.8. The number of para-hydroxylation sites is 1. The number of alkyl halides is 3. The summed E-state index contributed by atoms with van der Waals surface area (Å²) in [4.78, 5) is 24.7. The van der Waals surface area contributed by atoms with Crippen molar-refractivity contribution in [2.75, 3.05) is 0 Å². The number of thiophene rings is 1. The molecule has 0 saturated carbocycles. The van der Waals surface area contributed by atoms with Gasteiger partial charge in [-0.2, -0.15) is 13.2 Å². The summed E-state index contributed by atoms with van der Waals surface area (Å²) in [5.41, 5.74) is 5.58.